The van der Waals surface area contributed by atoms with Crippen LogP contribution >= 0.6 is 0 Å². The van der Waals surface area contributed by atoms with Gasteiger partial charge in [0, 0.05) is 51.4 Å². The highest BCUT2D eigenvalue weighted by Crippen LogP contribution is 2.20. The van der Waals surface area contributed by atoms with Crippen LogP contribution in [0.4, 0.5) is 14.5 Å². The van der Waals surface area contributed by atoms with E-state index in [1.807, 2.05) is 0 Å². The third-order valence-electron chi connectivity index (χ3n) is 4.86. The predicted octanol–water partition coefficient (Wildman–Crippen LogP) is 2.47. The average molecular weight is 423 g/mol. The molecule has 1 heterocycles. The van der Waals surface area contributed by atoms with Gasteiger partial charge < -0.3 is 10.2 Å². The lowest BCUT2D eigenvalue weighted by Crippen LogP contribution is -2.49. The molecule has 3 rings (SSSR count). The molecule has 1 N–H and O–H groups in total. The fraction of sp³-hybridized carbons (Fsp3) is 0.350. The van der Waals surface area contributed by atoms with Gasteiger partial charge in [0.25, 0.3) is 0 Å². The van der Waals surface area contributed by atoms with Crippen molar-refractivity contribution in [3.8, 4) is 0 Å². The van der Waals surface area contributed by atoms with E-state index in [0.717, 1.165) is 6.07 Å². The fourth-order valence-corrected chi connectivity index (χ4v) is 4.68. The lowest BCUT2D eigenvalue weighted by Gasteiger charge is -2.34. The van der Waals surface area contributed by atoms with Crippen molar-refractivity contribution >= 4 is 21.6 Å². The van der Waals surface area contributed by atoms with Crippen LogP contribution < -0.4 is 5.32 Å². The first kappa shape index (κ1) is 21.4. The number of sulfonamides is 1. The van der Waals surface area contributed by atoms with Crippen molar-refractivity contribution in [1.29, 1.82) is 0 Å². The van der Waals surface area contributed by atoms with Gasteiger partial charge >= 0.3 is 0 Å². The SMILES string of the molecule is CC(=O)Nc1ccc(S(=O)(=O)N2CCN(CCc3ccc(F)cc3F)CC2)cc1. The lowest BCUT2D eigenvalue weighted by molar-refractivity contribution is -0.114. The Morgan fingerprint density at radius 3 is 2.28 bits per heavy atom. The van der Waals surface area contributed by atoms with E-state index in [4.69, 9.17) is 0 Å². The van der Waals surface area contributed by atoms with E-state index in [1.54, 1.807) is 12.1 Å². The van der Waals surface area contributed by atoms with Gasteiger partial charge in [0.15, 0.2) is 0 Å². The summed E-state index contributed by atoms with van der Waals surface area (Å²) < 4.78 is 53.8. The number of hydrogen-bond donors (Lipinski definition) is 1. The molecular formula is C20H23F2N3O3S. The molecule has 0 spiro atoms. The zero-order valence-electron chi connectivity index (χ0n) is 16.1. The van der Waals surface area contributed by atoms with Gasteiger partial charge in [-0.2, -0.15) is 4.31 Å². The van der Waals surface area contributed by atoms with Crippen LogP contribution in [0.3, 0.4) is 0 Å². The number of hydrogen-bond acceptors (Lipinski definition) is 4. The highest BCUT2D eigenvalue weighted by molar-refractivity contribution is 7.89. The summed E-state index contributed by atoms with van der Waals surface area (Å²) in [6, 6.07) is 9.62. The van der Waals surface area contributed by atoms with Crippen molar-refractivity contribution in [2.45, 2.75) is 18.2 Å². The van der Waals surface area contributed by atoms with Crippen LogP contribution in [-0.2, 0) is 21.2 Å². The molecule has 0 radical (unpaired) electrons. The molecule has 1 saturated heterocycles. The maximum atomic E-state index is 13.7. The van der Waals surface area contributed by atoms with Crippen molar-refractivity contribution in [2.24, 2.45) is 0 Å². The van der Waals surface area contributed by atoms with Crippen LogP contribution in [0.1, 0.15) is 12.5 Å². The number of rotatable bonds is 6. The highest BCUT2D eigenvalue weighted by atomic mass is 32.2. The maximum absolute atomic E-state index is 13.7. The molecule has 0 unspecified atom stereocenters. The van der Waals surface area contributed by atoms with Crippen LogP contribution in [-0.4, -0.2) is 56.3 Å². The monoisotopic (exact) mass is 423 g/mol. The van der Waals surface area contributed by atoms with E-state index in [-0.39, 0.29) is 10.8 Å². The third kappa shape index (κ3) is 5.37. The quantitative estimate of drug-likeness (QED) is 0.775. The molecule has 156 valence electrons. The summed E-state index contributed by atoms with van der Waals surface area (Å²) in [4.78, 5) is 13.3. The topological polar surface area (TPSA) is 69.7 Å². The number of nitrogens with one attached hydrogen (secondary N) is 1. The largest absolute Gasteiger partial charge is 0.326 e. The molecule has 0 bridgehead atoms. The zero-order chi connectivity index (χ0) is 21.0. The van der Waals surface area contributed by atoms with Crippen LogP contribution in [0.5, 0.6) is 0 Å². The molecule has 0 saturated carbocycles. The molecule has 29 heavy (non-hydrogen) atoms. The van der Waals surface area contributed by atoms with Gasteiger partial charge in [-0.1, -0.05) is 6.07 Å². The molecule has 1 aliphatic heterocycles. The van der Waals surface area contributed by atoms with Gasteiger partial charge in [-0.3, -0.25) is 4.79 Å². The minimum atomic E-state index is -3.62. The first-order valence-electron chi connectivity index (χ1n) is 9.30. The summed E-state index contributed by atoms with van der Waals surface area (Å²) in [6.45, 7) is 3.69. The van der Waals surface area contributed by atoms with Crippen molar-refractivity contribution < 1.29 is 22.0 Å². The van der Waals surface area contributed by atoms with Crippen molar-refractivity contribution in [3.05, 3.63) is 59.7 Å². The van der Waals surface area contributed by atoms with Crippen molar-refractivity contribution in [3.63, 3.8) is 0 Å². The molecule has 1 aliphatic rings. The van der Waals surface area contributed by atoms with Gasteiger partial charge in [0.2, 0.25) is 15.9 Å². The molecule has 0 aromatic heterocycles. The number of nitrogens with zero attached hydrogens (tertiary/aromatic N) is 2. The van der Waals surface area contributed by atoms with Gasteiger partial charge in [0.05, 0.1) is 4.90 Å². The molecular weight excluding hydrogens is 400 g/mol. The molecule has 6 nitrogen and oxygen atoms in total. The Bertz CT molecular complexity index is 973. The Morgan fingerprint density at radius 2 is 1.69 bits per heavy atom. The van der Waals surface area contributed by atoms with E-state index in [1.165, 1.54) is 35.5 Å². The lowest BCUT2D eigenvalue weighted by atomic mass is 10.1. The normalized spacial score (nSPS) is 16.0. The fourth-order valence-electron chi connectivity index (χ4n) is 3.26. The number of piperazine rings is 1. The molecule has 0 atom stereocenters. The van der Waals surface area contributed by atoms with Gasteiger partial charge in [-0.25, -0.2) is 17.2 Å². The summed E-state index contributed by atoms with van der Waals surface area (Å²) in [7, 11) is -3.62. The molecule has 9 heteroatoms. The first-order chi connectivity index (χ1) is 13.8. The minimum Gasteiger partial charge on any atom is -0.326 e. The number of carbonyl (C=O) groups is 1. The Balaban J connectivity index is 1.55. The third-order valence-corrected chi connectivity index (χ3v) is 6.77. The van der Waals surface area contributed by atoms with Crippen molar-refractivity contribution in [2.75, 3.05) is 38.0 Å². The second-order valence-corrected chi connectivity index (χ2v) is 8.87. The van der Waals surface area contributed by atoms with E-state index >= 15 is 0 Å². The summed E-state index contributed by atoms with van der Waals surface area (Å²) in [5.74, 6) is -1.39. The molecule has 0 aliphatic carbocycles. The summed E-state index contributed by atoms with van der Waals surface area (Å²) in [5.41, 5.74) is 0.981. The van der Waals surface area contributed by atoms with Gasteiger partial charge in [-0.15, -0.1) is 0 Å². The average Bonchev–Trinajstić information content (AvgIpc) is 2.67. The Kier molecular flexibility index (Phi) is 6.61. The molecule has 2 aromatic carbocycles. The smallest absolute Gasteiger partial charge is 0.243 e. The number of anilines is 1. The summed E-state index contributed by atoms with van der Waals surface area (Å²) >= 11 is 0. The van der Waals surface area contributed by atoms with Crippen molar-refractivity contribution in [1.82, 2.24) is 9.21 Å². The van der Waals surface area contributed by atoms with Gasteiger partial charge in [-0.05, 0) is 42.3 Å². The summed E-state index contributed by atoms with van der Waals surface area (Å²) in [5, 5.41) is 2.60. The Labute approximate surface area is 169 Å². The van der Waals surface area contributed by atoms with Crippen LogP contribution in [0, 0.1) is 11.6 Å². The Morgan fingerprint density at radius 1 is 1.03 bits per heavy atom. The van der Waals surface area contributed by atoms with E-state index in [9.17, 15) is 22.0 Å². The van der Waals surface area contributed by atoms with Crippen LogP contribution in [0.2, 0.25) is 0 Å². The van der Waals surface area contributed by atoms with Crippen LogP contribution in [0.15, 0.2) is 47.4 Å². The number of carbonyl (C=O) groups excluding carboxylic acids is 1. The minimum absolute atomic E-state index is 0.174. The predicted molar refractivity (Wildman–Crippen MR) is 106 cm³/mol. The summed E-state index contributed by atoms with van der Waals surface area (Å²) in [6.07, 6.45) is 0.434. The zero-order valence-corrected chi connectivity index (χ0v) is 16.9. The maximum Gasteiger partial charge on any atom is 0.243 e. The number of amides is 1. The Hall–Kier alpha value is -2.36. The van der Waals surface area contributed by atoms with E-state index in [0.29, 0.717) is 50.4 Å². The van der Waals surface area contributed by atoms with Crippen LogP contribution in [0.25, 0.3) is 0 Å². The standard InChI is InChI=1S/C20H23F2N3O3S/c1-15(26)23-18-4-6-19(7-5-18)29(27,28)25-12-10-24(11-13-25)9-8-16-2-3-17(21)14-20(16)22/h2-7,14H,8-13H2,1H3,(H,23,26). The second-order valence-electron chi connectivity index (χ2n) is 6.94. The molecule has 1 fully saturated rings. The number of benzene rings is 2. The first-order valence-corrected chi connectivity index (χ1v) is 10.7. The second kappa shape index (κ2) is 8.98. The molecule has 2 aromatic rings. The van der Waals surface area contributed by atoms with E-state index < -0.39 is 21.7 Å². The number of halogens is 2. The van der Waals surface area contributed by atoms with E-state index in [2.05, 4.69) is 10.2 Å². The van der Waals surface area contributed by atoms with Gasteiger partial charge in [0.1, 0.15) is 11.6 Å². The molecule has 1 amide bonds. The highest BCUT2D eigenvalue weighted by Gasteiger charge is 2.28.